The Labute approximate surface area is 142 Å². The monoisotopic (exact) mass is 355 g/mol. The van der Waals surface area contributed by atoms with Crippen LogP contribution in [0.4, 0.5) is 4.39 Å². The predicted molar refractivity (Wildman–Crippen MR) is 85.0 cm³/mol. The van der Waals surface area contributed by atoms with Crippen LogP contribution in [0.3, 0.4) is 0 Å². The lowest BCUT2D eigenvalue weighted by Crippen LogP contribution is -2.28. The van der Waals surface area contributed by atoms with Gasteiger partial charge in [-0.2, -0.15) is 0 Å². The van der Waals surface area contributed by atoms with E-state index in [0.29, 0.717) is 5.56 Å². The highest BCUT2D eigenvalue weighted by Gasteiger charge is 2.13. The lowest BCUT2D eigenvalue weighted by atomic mass is 10.2. The molecule has 2 aromatic carbocycles. The van der Waals surface area contributed by atoms with Crippen molar-refractivity contribution in [1.29, 1.82) is 0 Å². The van der Waals surface area contributed by atoms with Crippen molar-refractivity contribution in [3.8, 4) is 0 Å². The van der Waals surface area contributed by atoms with E-state index in [2.05, 4.69) is 5.32 Å². The molecule has 0 bridgehead atoms. The van der Waals surface area contributed by atoms with Crippen molar-refractivity contribution in [3.05, 3.63) is 69.5 Å². The molecule has 0 saturated carbocycles. The summed E-state index contributed by atoms with van der Waals surface area (Å²) < 4.78 is 17.8. The van der Waals surface area contributed by atoms with Gasteiger partial charge in [-0.05, 0) is 29.8 Å². The summed E-state index contributed by atoms with van der Waals surface area (Å²) >= 11 is 11.7. The normalized spacial score (nSPS) is 10.2. The van der Waals surface area contributed by atoms with Gasteiger partial charge in [0.05, 0.1) is 10.6 Å². The van der Waals surface area contributed by atoms with E-state index in [4.69, 9.17) is 27.9 Å². The zero-order valence-corrected chi connectivity index (χ0v) is 13.3. The first-order valence-electron chi connectivity index (χ1n) is 6.59. The standard InChI is InChI=1S/C16H12Cl2FNO3/c17-13-4-2-1-3-12(13)16(22)23-9-15(21)20-8-10-5-6-11(19)7-14(10)18/h1-7H,8-9H2,(H,20,21). The Kier molecular flexibility index (Phi) is 5.96. The molecule has 0 aromatic heterocycles. The summed E-state index contributed by atoms with van der Waals surface area (Å²) in [6.45, 7) is -0.357. The third-order valence-corrected chi connectivity index (χ3v) is 3.60. The lowest BCUT2D eigenvalue weighted by Gasteiger charge is -2.08. The second-order valence-electron chi connectivity index (χ2n) is 4.57. The molecule has 2 rings (SSSR count). The third kappa shape index (κ3) is 4.94. The number of esters is 1. The fourth-order valence-corrected chi connectivity index (χ4v) is 2.19. The van der Waals surface area contributed by atoms with Gasteiger partial charge in [0.25, 0.3) is 5.91 Å². The number of hydrogen-bond acceptors (Lipinski definition) is 3. The topological polar surface area (TPSA) is 55.4 Å². The smallest absolute Gasteiger partial charge is 0.340 e. The van der Waals surface area contributed by atoms with Gasteiger partial charge in [0.15, 0.2) is 6.61 Å². The van der Waals surface area contributed by atoms with Crippen molar-refractivity contribution in [3.63, 3.8) is 0 Å². The second-order valence-corrected chi connectivity index (χ2v) is 5.38. The van der Waals surface area contributed by atoms with E-state index in [9.17, 15) is 14.0 Å². The lowest BCUT2D eigenvalue weighted by molar-refractivity contribution is -0.124. The third-order valence-electron chi connectivity index (χ3n) is 2.92. The zero-order valence-electron chi connectivity index (χ0n) is 11.8. The molecule has 4 nitrogen and oxygen atoms in total. The predicted octanol–water partition coefficient (Wildman–Crippen LogP) is 3.61. The molecule has 0 unspecified atom stereocenters. The van der Waals surface area contributed by atoms with E-state index in [1.54, 1.807) is 18.2 Å². The molecule has 0 radical (unpaired) electrons. The molecular formula is C16H12Cl2FNO3. The summed E-state index contributed by atoms with van der Waals surface area (Å²) in [5.41, 5.74) is 0.738. The van der Waals surface area contributed by atoms with E-state index in [1.165, 1.54) is 18.2 Å². The van der Waals surface area contributed by atoms with Crippen molar-refractivity contribution in [2.24, 2.45) is 0 Å². The molecular weight excluding hydrogens is 344 g/mol. The van der Waals surface area contributed by atoms with Crippen LogP contribution in [-0.2, 0) is 16.1 Å². The van der Waals surface area contributed by atoms with Gasteiger partial charge in [-0.15, -0.1) is 0 Å². The average Bonchev–Trinajstić information content (AvgIpc) is 2.52. The number of nitrogens with one attached hydrogen (secondary N) is 1. The van der Waals surface area contributed by atoms with Crippen molar-refractivity contribution < 1.29 is 18.7 Å². The molecule has 0 aliphatic carbocycles. The van der Waals surface area contributed by atoms with Gasteiger partial charge in [0, 0.05) is 11.6 Å². The summed E-state index contributed by atoms with van der Waals surface area (Å²) in [6.07, 6.45) is 0. The SMILES string of the molecule is O=C(COC(=O)c1ccccc1Cl)NCc1ccc(F)cc1Cl. The highest BCUT2D eigenvalue weighted by atomic mass is 35.5. The summed E-state index contributed by atoms with van der Waals surface area (Å²) in [4.78, 5) is 23.5. The van der Waals surface area contributed by atoms with Crippen LogP contribution in [0, 0.1) is 5.82 Å². The van der Waals surface area contributed by atoms with Crippen LogP contribution in [0.15, 0.2) is 42.5 Å². The molecule has 0 saturated heterocycles. The average molecular weight is 356 g/mol. The molecule has 0 atom stereocenters. The van der Waals surface area contributed by atoms with E-state index in [-0.39, 0.29) is 22.2 Å². The number of ether oxygens (including phenoxy) is 1. The van der Waals surface area contributed by atoms with Gasteiger partial charge in [-0.3, -0.25) is 4.79 Å². The molecule has 1 amide bonds. The summed E-state index contributed by atoms with van der Waals surface area (Å²) in [5, 5.41) is 2.98. The van der Waals surface area contributed by atoms with Gasteiger partial charge < -0.3 is 10.1 Å². The Hall–Kier alpha value is -2.11. The maximum Gasteiger partial charge on any atom is 0.340 e. The largest absolute Gasteiger partial charge is 0.452 e. The Morgan fingerprint density at radius 3 is 2.52 bits per heavy atom. The number of carbonyl (C=O) groups excluding carboxylic acids is 2. The number of carbonyl (C=O) groups is 2. The van der Waals surface area contributed by atoms with Crippen molar-refractivity contribution in [2.45, 2.75) is 6.54 Å². The first kappa shape index (κ1) is 17.2. The molecule has 120 valence electrons. The molecule has 7 heteroatoms. The molecule has 23 heavy (non-hydrogen) atoms. The van der Waals surface area contributed by atoms with Gasteiger partial charge in [-0.1, -0.05) is 41.4 Å². The minimum Gasteiger partial charge on any atom is -0.452 e. The summed E-state index contributed by atoms with van der Waals surface area (Å²) in [7, 11) is 0. The second kappa shape index (κ2) is 7.94. The quantitative estimate of drug-likeness (QED) is 0.833. The number of hydrogen-bond donors (Lipinski definition) is 1. The Morgan fingerprint density at radius 1 is 1.09 bits per heavy atom. The van der Waals surface area contributed by atoms with Crippen molar-refractivity contribution in [2.75, 3.05) is 6.61 Å². The van der Waals surface area contributed by atoms with E-state index in [0.717, 1.165) is 6.07 Å². The minimum absolute atomic E-state index is 0.0988. The van der Waals surface area contributed by atoms with Crippen molar-refractivity contribution >= 4 is 35.1 Å². The van der Waals surface area contributed by atoms with Crippen LogP contribution in [0.5, 0.6) is 0 Å². The number of halogens is 3. The Balaban J connectivity index is 1.83. The molecule has 0 spiro atoms. The van der Waals surface area contributed by atoms with Gasteiger partial charge in [-0.25, -0.2) is 9.18 Å². The van der Waals surface area contributed by atoms with E-state index < -0.39 is 24.3 Å². The number of amides is 1. The van der Waals surface area contributed by atoms with Gasteiger partial charge in [0.1, 0.15) is 5.82 Å². The van der Waals surface area contributed by atoms with Crippen molar-refractivity contribution in [1.82, 2.24) is 5.32 Å². The molecule has 2 aromatic rings. The van der Waals surface area contributed by atoms with E-state index in [1.807, 2.05) is 0 Å². The first-order valence-corrected chi connectivity index (χ1v) is 7.35. The van der Waals surface area contributed by atoms with Crippen LogP contribution < -0.4 is 5.32 Å². The molecule has 0 aliphatic rings. The van der Waals surface area contributed by atoms with Crippen LogP contribution in [0.1, 0.15) is 15.9 Å². The zero-order chi connectivity index (χ0) is 16.8. The van der Waals surface area contributed by atoms with Gasteiger partial charge in [0.2, 0.25) is 0 Å². The maximum absolute atomic E-state index is 12.9. The van der Waals surface area contributed by atoms with Crippen LogP contribution >= 0.6 is 23.2 Å². The molecule has 1 N–H and O–H groups in total. The fraction of sp³-hybridized carbons (Fsp3) is 0.125. The molecule has 0 heterocycles. The van der Waals surface area contributed by atoms with E-state index >= 15 is 0 Å². The van der Waals surface area contributed by atoms with Gasteiger partial charge >= 0.3 is 5.97 Å². The highest BCUT2D eigenvalue weighted by Crippen LogP contribution is 2.17. The Morgan fingerprint density at radius 2 is 1.83 bits per heavy atom. The summed E-state index contributed by atoms with van der Waals surface area (Å²) in [5.74, 6) is -1.66. The molecule has 0 fully saturated rings. The first-order chi connectivity index (χ1) is 11.0. The number of rotatable bonds is 5. The maximum atomic E-state index is 12.9. The van der Waals surface area contributed by atoms with Crippen LogP contribution in [0.2, 0.25) is 10.0 Å². The Bertz CT molecular complexity index is 737. The fourth-order valence-electron chi connectivity index (χ4n) is 1.75. The minimum atomic E-state index is -0.689. The highest BCUT2D eigenvalue weighted by molar-refractivity contribution is 6.33. The molecule has 0 aliphatic heterocycles. The van der Waals surface area contributed by atoms with Crippen LogP contribution in [0.25, 0.3) is 0 Å². The van der Waals surface area contributed by atoms with Crippen LogP contribution in [-0.4, -0.2) is 18.5 Å². The summed E-state index contributed by atoms with van der Waals surface area (Å²) in [6, 6.07) is 10.2. The number of benzene rings is 2.